The van der Waals surface area contributed by atoms with E-state index in [1.165, 1.54) is 5.56 Å². The molecule has 2 unspecified atom stereocenters. The van der Waals surface area contributed by atoms with Gasteiger partial charge in [-0.25, -0.2) is 0 Å². The van der Waals surface area contributed by atoms with Crippen LogP contribution in [0.3, 0.4) is 0 Å². The Morgan fingerprint density at radius 3 is 2.84 bits per heavy atom. The Morgan fingerprint density at radius 2 is 2.05 bits per heavy atom. The average molecular weight is 275 g/mol. The number of halogens is 1. The average Bonchev–Trinajstić information content (AvgIpc) is 2.84. The first-order valence-electron chi connectivity index (χ1n) is 6.23. The predicted molar refractivity (Wildman–Crippen MR) is 76.2 cm³/mol. The van der Waals surface area contributed by atoms with E-state index < -0.39 is 0 Å². The molecular formula is C15H15ClN2O. The van der Waals surface area contributed by atoms with Crippen molar-refractivity contribution < 1.29 is 4.74 Å². The van der Waals surface area contributed by atoms with Gasteiger partial charge in [0.1, 0.15) is 5.75 Å². The van der Waals surface area contributed by atoms with Gasteiger partial charge < -0.3 is 4.74 Å². The first-order valence-corrected chi connectivity index (χ1v) is 6.60. The van der Waals surface area contributed by atoms with Crippen molar-refractivity contribution in [2.75, 3.05) is 6.61 Å². The first kappa shape index (κ1) is 12.5. The van der Waals surface area contributed by atoms with Crippen LogP contribution in [0.2, 0.25) is 5.02 Å². The van der Waals surface area contributed by atoms with E-state index in [0.29, 0.717) is 11.6 Å². The molecule has 2 aromatic carbocycles. The van der Waals surface area contributed by atoms with Gasteiger partial charge in [-0.3, -0.25) is 11.3 Å². The first-order chi connectivity index (χ1) is 9.29. The van der Waals surface area contributed by atoms with E-state index >= 15 is 0 Å². The van der Waals surface area contributed by atoms with Gasteiger partial charge >= 0.3 is 0 Å². The molecule has 0 aliphatic carbocycles. The third-order valence-electron chi connectivity index (χ3n) is 3.53. The van der Waals surface area contributed by atoms with Gasteiger partial charge in [0.05, 0.1) is 12.6 Å². The summed E-state index contributed by atoms with van der Waals surface area (Å²) in [5.41, 5.74) is 5.15. The Hall–Kier alpha value is -1.55. The largest absolute Gasteiger partial charge is 0.493 e. The minimum Gasteiger partial charge on any atom is -0.493 e. The van der Waals surface area contributed by atoms with E-state index in [1.54, 1.807) is 0 Å². The fourth-order valence-electron chi connectivity index (χ4n) is 2.61. The van der Waals surface area contributed by atoms with Crippen LogP contribution in [-0.2, 0) is 0 Å². The summed E-state index contributed by atoms with van der Waals surface area (Å²) in [5.74, 6) is 6.88. The van der Waals surface area contributed by atoms with Gasteiger partial charge in [-0.15, -0.1) is 0 Å². The van der Waals surface area contributed by atoms with Crippen molar-refractivity contribution in [2.24, 2.45) is 5.84 Å². The maximum atomic E-state index is 6.05. The lowest BCUT2D eigenvalue weighted by molar-refractivity contribution is 0.300. The second-order valence-electron chi connectivity index (χ2n) is 4.65. The van der Waals surface area contributed by atoms with Crippen LogP contribution in [0.4, 0.5) is 0 Å². The van der Waals surface area contributed by atoms with E-state index in [2.05, 4.69) is 11.5 Å². The molecule has 1 aliphatic rings. The molecule has 0 saturated heterocycles. The molecule has 3 rings (SSSR count). The smallest absolute Gasteiger partial charge is 0.122 e. The summed E-state index contributed by atoms with van der Waals surface area (Å²) < 4.78 is 5.72. The van der Waals surface area contributed by atoms with Crippen LogP contribution in [0.15, 0.2) is 48.5 Å². The highest BCUT2D eigenvalue weighted by atomic mass is 35.5. The molecule has 0 radical (unpaired) electrons. The van der Waals surface area contributed by atoms with E-state index in [1.807, 2.05) is 42.5 Å². The molecule has 0 fully saturated rings. The molecule has 1 heterocycles. The lowest BCUT2D eigenvalue weighted by Gasteiger charge is -2.22. The lowest BCUT2D eigenvalue weighted by Crippen LogP contribution is -2.33. The summed E-state index contributed by atoms with van der Waals surface area (Å²) in [7, 11) is 0. The number of hydrogen-bond donors (Lipinski definition) is 2. The van der Waals surface area contributed by atoms with Crippen LogP contribution < -0.4 is 16.0 Å². The molecule has 19 heavy (non-hydrogen) atoms. The number of hydrogen-bond acceptors (Lipinski definition) is 3. The van der Waals surface area contributed by atoms with Crippen molar-refractivity contribution in [3.63, 3.8) is 0 Å². The number of fused-ring (bicyclic) bond motifs is 1. The Balaban J connectivity index is 1.96. The van der Waals surface area contributed by atoms with Gasteiger partial charge in [0.2, 0.25) is 0 Å². The number of hydrazine groups is 1. The molecule has 3 nitrogen and oxygen atoms in total. The normalized spacial score (nSPS) is 18.7. The molecular weight excluding hydrogens is 260 g/mol. The standard InChI is InChI=1S/C15H15ClN2O/c16-11-5-3-4-10(8-11)15(18-17)13-9-19-14-7-2-1-6-12(13)14/h1-8,13,15,18H,9,17H2. The highest BCUT2D eigenvalue weighted by Gasteiger charge is 2.31. The molecule has 2 aromatic rings. The van der Waals surface area contributed by atoms with Gasteiger partial charge in [0.15, 0.2) is 0 Å². The Bertz CT molecular complexity index is 588. The monoisotopic (exact) mass is 274 g/mol. The molecule has 0 spiro atoms. The molecule has 0 bridgehead atoms. The van der Waals surface area contributed by atoms with Gasteiger partial charge in [0, 0.05) is 16.5 Å². The summed E-state index contributed by atoms with van der Waals surface area (Å²) in [4.78, 5) is 0. The third kappa shape index (κ3) is 2.32. The Kier molecular flexibility index (Phi) is 3.42. The highest BCUT2D eigenvalue weighted by molar-refractivity contribution is 6.30. The van der Waals surface area contributed by atoms with Crippen molar-refractivity contribution in [2.45, 2.75) is 12.0 Å². The number of benzene rings is 2. The maximum Gasteiger partial charge on any atom is 0.122 e. The van der Waals surface area contributed by atoms with Gasteiger partial charge in [-0.05, 0) is 23.8 Å². The molecule has 1 aliphatic heterocycles. The number of para-hydroxylation sites is 1. The van der Waals surface area contributed by atoms with Crippen LogP contribution in [-0.4, -0.2) is 6.61 Å². The SMILES string of the molecule is NNC(c1cccc(Cl)c1)C1COc2ccccc21. The second-order valence-corrected chi connectivity index (χ2v) is 5.09. The number of rotatable bonds is 3. The zero-order valence-corrected chi connectivity index (χ0v) is 11.1. The highest BCUT2D eigenvalue weighted by Crippen LogP contribution is 2.41. The second kappa shape index (κ2) is 5.21. The molecule has 2 atom stereocenters. The summed E-state index contributed by atoms with van der Waals surface area (Å²) in [5, 5.41) is 0.713. The predicted octanol–water partition coefficient (Wildman–Crippen LogP) is 3.02. The van der Waals surface area contributed by atoms with Gasteiger partial charge in [-0.2, -0.15) is 0 Å². The summed E-state index contributed by atoms with van der Waals surface area (Å²) in [6, 6.07) is 15.8. The zero-order chi connectivity index (χ0) is 13.2. The fraction of sp³-hybridized carbons (Fsp3) is 0.200. The minimum atomic E-state index is -0.0117. The van der Waals surface area contributed by atoms with Gasteiger partial charge in [-0.1, -0.05) is 41.9 Å². The number of nitrogens with one attached hydrogen (secondary N) is 1. The Labute approximate surface area is 117 Å². The third-order valence-corrected chi connectivity index (χ3v) is 3.76. The van der Waals surface area contributed by atoms with E-state index in [-0.39, 0.29) is 12.0 Å². The zero-order valence-electron chi connectivity index (χ0n) is 10.3. The lowest BCUT2D eigenvalue weighted by atomic mass is 9.89. The number of ether oxygens (including phenoxy) is 1. The fourth-order valence-corrected chi connectivity index (χ4v) is 2.81. The molecule has 0 aromatic heterocycles. The van der Waals surface area contributed by atoms with Crippen molar-refractivity contribution in [1.82, 2.24) is 5.43 Å². The topological polar surface area (TPSA) is 47.3 Å². The van der Waals surface area contributed by atoms with Crippen LogP contribution >= 0.6 is 11.6 Å². The summed E-state index contributed by atoms with van der Waals surface area (Å²) >= 11 is 6.05. The van der Waals surface area contributed by atoms with Crippen molar-refractivity contribution in [3.05, 3.63) is 64.7 Å². The molecule has 4 heteroatoms. The van der Waals surface area contributed by atoms with E-state index in [9.17, 15) is 0 Å². The van der Waals surface area contributed by atoms with Crippen LogP contribution in [0, 0.1) is 0 Å². The van der Waals surface area contributed by atoms with Crippen molar-refractivity contribution in [3.8, 4) is 5.75 Å². The maximum absolute atomic E-state index is 6.05. The summed E-state index contributed by atoms with van der Waals surface area (Å²) in [6.45, 7) is 0.626. The minimum absolute atomic E-state index is 0.0117. The molecule has 98 valence electrons. The summed E-state index contributed by atoms with van der Waals surface area (Å²) in [6.07, 6.45) is 0. The van der Waals surface area contributed by atoms with Gasteiger partial charge in [0.25, 0.3) is 0 Å². The molecule has 3 N–H and O–H groups in total. The van der Waals surface area contributed by atoms with Crippen LogP contribution in [0.5, 0.6) is 5.75 Å². The Morgan fingerprint density at radius 1 is 1.21 bits per heavy atom. The van der Waals surface area contributed by atoms with Crippen molar-refractivity contribution >= 4 is 11.6 Å². The van der Waals surface area contributed by atoms with Crippen molar-refractivity contribution in [1.29, 1.82) is 0 Å². The molecule has 0 amide bonds. The van der Waals surface area contributed by atoms with Crippen LogP contribution in [0.1, 0.15) is 23.1 Å². The van der Waals surface area contributed by atoms with Crippen LogP contribution in [0.25, 0.3) is 0 Å². The quantitative estimate of drug-likeness (QED) is 0.668. The van der Waals surface area contributed by atoms with E-state index in [0.717, 1.165) is 11.3 Å². The number of nitrogens with two attached hydrogens (primary N) is 1. The van der Waals surface area contributed by atoms with E-state index in [4.69, 9.17) is 22.2 Å². The molecule has 0 saturated carbocycles.